The average Bonchev–Trinajstić information content (AvgIpc) is 2.93. The van der Waals surface area contributed by atoms with Crippen molar-refractivity contribution in [2.75, 3.05) is 36.9 Å². The maximum Gasteiger partial charge on any atom is 0.407 e. The van der Waals surface area contributed by atoms with Crippen LogP contribution in [0.4, 0.5) is 16.2 Å². The highest BCUT2D eigenvalue weighted by molar-refractivity contribution is 5.72. The molecule has 0 radical (unpaired) electrons. The van der Waals surface area contributed by atoms with Crippen LogP contribution in [0.1, 0.15) is 17.5 Å². The first-order valence-corrected chi connectivity index (χ1v) is 7.91. The number of rotatable bonds is 1. The number of nitrogens with one attached hydrogen (secondary N) is 1. The quantitative estimate of drug-likeness (QED) is 0.719. The minimum Gasteiger partial charge on any atom is -0.465 e. The highest BCUT2D eigenvalue weighted by atomic mass is 17.0. The Morgan fingerprint density at radius 3 is 2.74 bits per heavy atom. The molecule has 1 fully saturated rings. The Hall–Kier alpha value is -2.03. The molecular formula is C15H20N4O4. The third-order valence-electron chi connectivity index (χ3n) is 5.07. The molecule has 23 heavy (non-hydrogen) atoms. The maximum absolute atomic E-state index is 11.0. The van der Waals surface area contributed by atoms with Crippen LogP contribution in [0.5, 0.6) is 0 Å². The van der Waals surface area contributed by atoms with Gasteiger partial charge in [-0.15, -0.1) is 10.2 Å². The molecule has 1 atom stereocenters. The lowest BCUT2D eigenvalue weighted by Crippen LogP contribution is -2.52. The van der Waals surface area contributed by atoms with E-state index in [-0.39, 0.29) is 0 Å². The Kier molecular flexibility index (Phi) is 3.51. The molecule has 1 aromatic carbocycles. The highest BCUT2D eigenvalue weighted by Gasteiger charge is 2.30. The standard InChI is InChI=1S/C15H20N4O4/c20-15(21)18-5-3-17(4-6-18)12-2-1-10-9-14-13(8-11(10)7-12)16-23-19(14)22/h8-9,12,16,22H,1-7H2,(H,20,21). The van der Waals surface area contributed by atoms with Crippen LogP contribution in [-0.2, 0) is 17.8 Å². The first-order chi connectivity index (χ1) is 11.1. The Balaban J connectivity index is 1.46. The summed E-state index contributed by atoms with van der Waals surface area (Å²) in [6.07, 6.45) is 2.13. The second kappa shape index (κ2) is 5.55. The molecule has 124 valence electrons. The number of anilines is 2. The minimum atomic E-state index is -0.825. The van der Waals surface area contributed by atoms with Crippen molar-refractivity contribution in [3.05, 3.63) is 23.3 Å². The predicted molar refractivity (Wildman–Crippen MR) is 82.4 cm³/mol. The number of nitrogens with zero attached hydrogens (tertiary/aromatic N) is 3. The molecule has 4 rings (SSSR count). The van der Waals surface area contributed by atoms with Crippen molar-refractivity contribution in [1.82, 2.24) is 9.80 Å². The van der Waals surface area contributed by atoms with Crippen molar-refractivity contribution in [2.24, 2.45) is 0 Å². The topological polar surface area (TPSA) is 88.5 Å². The van der Waals surface area contributed by atoms with E-state index in [1.807, 2.05) is 12.1 Å². The molecule has 3 aliphatic rings. The van der Waals surface area contributed by atoms with Crippen LogP contribution in [0.3, 0.4) is 0 Å². The third kappa shape index (κ3) is 2.58. The molecule has 0 aromatic heterocycles. The van der Waals surface area contributed by atoms with Gasteiger partial charge in [0.1, 0.15) is 5.69 Å². The second-order valence-corrected chi connectivity index (χ2v) is 6.31. The van der Waals surface area contributed by atoms with Gasteiger partial charge in [0.2, 0.25) is 0 Å². The van der Waals surface area contributed by atoms with Crippen LogP contribution >= 0.6 is 0 Å². The largest absolute Gasteiger partial charge is 0.465 e. The van der Waals surface area contributed by atoms with E-state index in [0.29, 0.717) is 24.8 Å². The molecule has 8 nitrogen and oxygen atoms in total. The van der Waals surface area contributed by atoms with Gasteiger partial charge < -0.3 is 10.0 Å². The minimum absolute atomic E-state index is 0.448. The first-order valence-electron chi connectivity index (χ1n) is 7.91. The van der Waals surface area contributed by atoms with E-state index in [0.717, 1.165) is 43.3 Å². The number of fused-ring (bicyclic) bond motifs is 2. The van der Waals surface area contributed by atoms with Crippen molar-refractivity contribution in [1.29, 1.82) is 0 Å². The van der Waals surface area contributed by atoms with Gasteiger partial charge in [-0.25, -0.2) is 10.3 Å². The van der Waals surface area contributed by atoms with Gasteiger partial charge in [-0.05, 0) is 42.5 Å². The van der Waals surface area contributed by atoms with Crippen molar-refractivity contribution < 1.29 is 20.0 Å². The summed E-state index contributed by atoms with van der Waals surface area (Å²) in [6, 6.07) is 4.47. The smallest absolute Gasteiger partial charge is 0.407 e. The summed E-state index contributed by atoms with van der Waals surface area (Å²) in [5, 5.41) is 19.4. The van der Waals surface area contributed by atoms with Gasteiger partial charge in [-0.2, -0.15) is 0 Å². The average molecular weight is 320 g/mol. The molecular weight excluding hydrogens is 300 g/mol. The first kappa shape index (κ1) is 14.6. The summed E-state index contributed by atoms with van der Waals surface area (Å²) in [5.41, 5.74) is 6.65. The Bertz CT molecular complexity index is 630. The zero-order valence-corrected chi connectivity index (χ0v) is 12.7. The SMILES string of the molecule is O=C(O)N1CCN(C2CCc3cc4c(cc3C2)NON4O)CC1. The van der Waals surface area contributed by atoms with Crippen molar-refractivity contribution in [2.45, 2.75) is 25.3 Å². The highest BCUT2D eigenvalue weighted by Crippen LogP contribution is 2.37. The molecule has 1 amide bonds. The molecule has 8 heteroatoms. The molecule has 2 aliphatic heterocycles. The predicted octanol–water partition coefficient (Wildman–Crippen LogP) is 1.31. The lowest BCUT2D eigenvalue weighted by atomic mass is 9.86. The zero-order valence-electron chi connectivity index (χ0n) is 12.7. The molecule has 2 heterocycles. The number of hydrogen-bond donors (Lipinski definition) is 3. The van der Waals surface area contributed by atoms with E-state index in [2.05, 4.69) is 10.4 Å². The summed E-state index contributed by atoms with van der Waals surface area (Å²) in [5.74, 6) is 0. The summed E-state index contributed by atoms with van der Waals surface area (Å²) >= 11 is 0. The van der Waals surface area contributed by atoms with Gasteiger partial charge in [-0.3, -0.25) is 10.1 Å². The summed E-state index contributed by atoms with van der Waals surface area (Å²) < 4.78 is 0. The molecule has 1 aromatic rings. The van der Waals surface area contributed by atoms with Crippen molar-refractivity contribution >= 4 is 17.5 Å². The lowest BCUT2D eigenvalue weighted by molar-refractivity contribution is 0.000589. The van der Waals surface area contributed by atoms with E-state index >= 15 is 0 Å². The van der Waals surface area contributed by atoms with Gasteiger partial charge in [0.15, 0.2) is 0 Å². The van der Waals surface area contributed by atoms with Crippen LogP contribution in [0, 0.1) is 0 Å². The van der Waals surface area contributed by atoms with Gasteiger partial charge in [0, 0.05) is 32.2 Å². The van der Waals surface area contributed by atoms with E-state index < -0.39 is 6.09 Å². The Labute approximate surface area is 133 Å². The van der Waals surface area contributed by atoms with E-state index in [4.69, 9.17) is 10.0 Å². The fourth-order valence-electron chi connectivity index (χ4n) is 3.75. The van der Waals surface area contributed by atoms with Gasteiger partial charge in [0.05, 0.1) is 5.69 Å². The fraction of sp³-hybridized carbons (Fsp3) is 0.533. The van der Waals surface area contributed by atoms with Crippen LogP contribution in [-0.4, -0.2) is 58.4 Å². The van der Waals surface area contributed by atoms with Gasteiger partial charge in [0.25, 0.3) is 0 Å². The zero-order chi connectivity index (χ0) is 16.0. The Morgan fingerprint density at radius 2 is 2.00 bits per heavy atom. The third-order valence-corrected chi connectivity index (χ3v) is 5.07. The number of aryl methyl sites for hydroxylation is 1. The molecule has 0 spiro atoms. The number of amides is 1. The summed E-state index contributed by atoms with van der Waals surface area (Å²) in [7, 11) is 0. The molecule has 1 aliphatic carbocycles. The maximum atomic E-state index is 11.0. The molecule has 1 unspecified atom stereocenters. The van der Waals surface area contributed by atoms with Crippen molar-refractivity contribution in [3.63, 3.8) is 0 Å². The van der Waals surface area contributed by atoms with E-state index in [9.17, 15) is 10.0 Å². The summed E-state index contributed by atoms with van der Waals surface area (Å²) in [6.45, 7) is 2.75. The van der Waals surface area contributed by atoms with Crippen LogP contribution in [0.25, 0.3) is 0 Å². The van der Waals surface area contributed by atoms with Crippen molar-refractivity contribution in [3.8, 4) is 0 Å². The second-order valence-electron chi connectivity index (χ2n) is 6.31. The summed E-state index contributed by atoms with van der Waals surface area (Å²) in [4.78, 5) is 19.8. The van der Waals surface area contributed by atoms with Crippen LogP contribution < -0.4 is 10.7 Å². The normalized spacial score (nSPS) is 24.1. The molecule has 0 bridgehead atoms. The van der Waals surface area contributed by atoms with Gasteiger partial charge >= 0.3 is 6.09 Å². The van der Waals surface area contributed by atoms with Crippen LogP contribution in [0.15, 0.2) is 12.1 Å². The van der Waals surface area contributed by atoms with E-state index in [1.165, 1.54) is 16.0 Å². The molecule has 1 saturated heterocycles. The number of benzene rings is 1. The van der Waals surface area contributed by atoms with E-state index in [1.54, 1.807) is 0 Å². The monoisotopic (exact) mass is 320 g/mol. The Morgan fingerprint density at radius 1 is 1.22 bits per heavy atom. The molecule has 3 N–H and O–H groups in total. The number of carboxylic acid groups (broad SMARTS) is 1. The van der Waals surface area contributed by atoms with Crippen LogP contribution in [0.2, 0.25) is 0 Å². The number of piperazine rings is 1. The number of hydrogen-bond acceptors (Lipinski definition) is 6. The number of carbonyl (C=O) groups is 1. The van der Waals surface area contributed by atoms with Gasteiger partial charge in [-0.1, -0.05) is 0 Å². The molecule has 0 saturated carbocycles. The lowest BCUT2D eigenvalue weighted by Gasteiger charge is -2.40. The fourth-order valence-corrected chi connectivity index (χ4v) is 3.75.